The highest BCUT2D eigenvalue weighted by molar-refractivity contribution is 5.35. The fraction of sp³-hybridized carbons (Fsp3) is 0.389. The molecular weight excluding hydrogens is 298 g/mol. The van der Waals surface area contributed by atoms with Crippen molar-refractivity contribution in [3.63, 3.8) is 0 Å². The van der Waals surface area contributed by atoms with Crippen LogP contribution in [-0.4, -0.2) is 18.1 Å². The van der Waals surface area contributed by atoms with Gasteiger partial charge in [0.05, 0.1) is 6.20 Å². The van der Waals surface area contributed by atoms with Gasteiger partial charge in [0.25, 0.3) is 0 Å². The molecule has 3 rings (SSSR count). The maximum Gasteiger partial charge on any atom is 0.141 e. The number of halogens is 2. The molecule has 122 valence electrons. The summed E-state index contributed by atoms with van der Waals surface area (Å²) in [6.45, 7) is 3.68. The van der Waals surface area contributed by atoms with Crippen LogP contribution in [0.1, 0.15) is 30.6 Å². The molecule has 1 N–H and O–H groups in total. The lowest BCUT2D eigenvalue weighted by Crippen LogP contribution is -2.22. The first-order chi connectivity index (χ1) is 11.2. The van der Waals surface area contributed by atoms with Crippen LogP contribution < -0.4 is 10.1 Å². The first-order valence-corrected chi connectivity index (χ1v) is 7.93. The summed E-state index contributed by atoms with van der Waals surface area (Å²) in [6, 6.07) is 5.99. The summed E-state index contributed by atoms with van der Waals surface area (Å²) in [4.78, 5) is 3.94. The van der Waals surface area contributed by atoms with E-state index in [0.717, 1.165) is 25.1 Å². The lowest BCUT2D eigenvalue weighted by Gasteiger charge is -2.26. The number of pyridine rings is 1. The molecule has 0 amide bonds. The van der Waals surface area contributed by atoms with Crippen molar-refractivity contribution in [2.24, 2.45) is 5.92 Å². The van der Waals surface area contributed by atoms with Crippen LogP contribution in [0.3, 0.4) is 0 Å². The normalized spacial score (nSPS) is 18.8. The van der Waals surface area contributed by atoms with Gasteiger partial charge < -0.3 is 10.1 Å². The highest BCUT2D eigenvalue weighted by Crippen LogP contribution is 2.33. The van der Waals surface area contributed by atoms with E-state index in [-0.39, 0.29) is 23.7 Å². The Balaban J connectivity index is 1.93. The number of nitrogens with zero attached hydrogens (tertiary/aromatic N) is 1. The van der Waals surface area contributed by atoms with E-state index in [2.05, 4.69) is 10.3 Å². The van der Waals surface area contributed by atoms with Crippen molar-refractivity contribution in [1.82, 2.24) is 10.3 Å². The molecule has 3 nitrogen and oxygen atoms in total. The molecule has 1 aromatic carbocycles. The molecule has 2 heterocycles. The van der Waals surface area contributed by atoms with Crippen molar-refractivity contribution in [2.45, 2.75) is 25.9 Å². The Morgan fingerprint density at radius 3 is 2.83 bits per heavy atom. The smallest absolute Gasteiger partial charge is 0.141 e. The van der Waals surface area contributed by atoms with Crippen molar-refractivity contribution in [1.29, 1.82) is 0 Å². The Kier molecular flexibility index (Phi) is 4.86. The predicted octanol–water partition coefficient (Wildman–Crippen LogP) is 3.65. The largest absolute Gasteiger partial charge is 0.485 e. The van der Waals surface area contributed by atoms with Crippen LogP contribution in [0.2, 0.25) is 0 Å². The van der Waals surface area contributed by atoms with Gasteiger partial charge in [-0.15, -0.1) is 0 Å². The van der Waals surface area contributed by atoms with E-state index in [1.54, 1.807) is 12.3 Å². The van der Waals surface area contributed by atoms with E-state index in [1.165, 1.54) is 24.4 Å². The van der Waals surface area contributed by atoms with Gasteiger partial charge in [-0.1, -0.05) is 6.92 Å². The van der Waals surface area contributed by atoms with Crippen molar-refractivity contribution >= 4 is 0 Å². The number of aryl methyl sites for hydroxylation is 1. The molecule has 5 heteroatoms. The molecule has 0 bridgehead atoms. The molecule has 0 spiro atoms. The number of benzene rings is 1. The van der Waals surface area contributed by atoms with Gasteiger partial charge in [-0.2, -0.15) is 0 Å². The summed E-state index contributed by atoms with van der Waals surface area (Å²) in [7, 11) is 0. The van der Waals surface area contributed by atoms with Gasteiger partial charge in [-0.05, 0) is 49.2 Å². The number of aromatic nitrogens is 1. The average Bonchev–Trinajstić information content (AvgIpc) is 3.07. The minimum absolute atomic E-state index is 0.230. The van der Waals surface area contributed by atoms with Gasteiger partial charge in [0.1, 0.15) is 23.5 Å². The first kappa shape index (κ1) is 15.9. The highest BCUT2D eigenvalue weighted by atomic mass is 19.1. The summed E-state index contributed by atoms with van der Waals surface area (Å²) in [5.41, 5.74) is 1.52. The van der Waals surface area contributed by atoms with Gasteiger partial charge in [-0.3, -0.25) is 4.98 Å². The van der Waals surface area contributed by atoms with Gasteiger partial charge in [-0.25, -0.2) is 8.78 Å². The monoisotopic (exact) mass is 318 g/mol. The van der Waals surface area contributed by atoms with E-state index in [9.17, 15) is 8.78 Å². The number of nitrogens with one attached hydrogen (secondary N) is 1. The second-order valence-corrected chi connectivity index (χ2v) is 5.83. The fourth-order valence-electron chi connectivity index (χ4n) is 3.03. The van der Waals surface area contributed by atoms with Gasteiger partial charge in [0.2, 0.25) is 0 Å². The van der Waals surface area contributed by atoms with Crippen LogP contribution in [0.15, 0.2) is 36.7 Å². The molecular formula is C18H20F2N2O. The van der Waals surface area contributed by atoms with Crippen LogP contribution >= 0.6 is 0 Å². The summed E-state index contributed by atoms with van der Waals surface area (Å²) < 4.78 is 33.2. The van der Waals surface area contributed by atoms with Gasteiger partial charge in [0, 0.05) is 24.2 Å². The van der Waals surface area contributed by atoms with Gasteiger partial charge in [0.15, 0.2) is 0 Å². The Morgan fingerprint density at radius 2 is 2.13 bits per heavy atom. The van der Waals surface area contributed by atoms with E-state index in [4.69, 9.17) is 4.74 Å². The first-order valence-electron chi connectivity index (χ1n) is 7.93. The zero-order valence-electron chi connectivity index (χ0n) is 13.1. The fourth-order valence-corrected chi connectivity index (χ4v) is 3.03. The minimum Gasteiger partial charge on any atom is -0.485 e. The third kappa shape index (κ3) is 3.67. The standard InChI is InChI=1S/C18H20F2N2O/c1-2-12-7-15(19)3-4-17(12)23-18(13-5-6-21-9-13)14-8-16(20)11-22-10-14/h3-4,7-8,10-11,13,18,21H,2,5-6,9H2,1H3. The number of hydrogen-bond acceptors (Lipinski definition) is 3. The predicted molar refractivity (Wildman–Crippen MR) is 84.3 cm³/mol. The lowest BCUT2D eigenvalue weighted by atomic mass is 9.95. The third-order valence-corrected chi connectivity index (χ3v) is 4.24. The summed E-state index contributed by atoms with van der Waals surface area (Å²) in [5, 5.41) is 3.31. The molecule has 1 aliphatic heterocycles. The number of hydrogen-bond donors (Lipinski definition) is 1. The van der Waals surface area contributed by atoms with Gasteiger partial charge >= 0.3 is 0 Å². The quantitative estimate of drug-likeness (QED) is 0.914. The molecule has 0 saturated carbocycles. The summed E-state index contributed by atoms with van der Waals surface area (Å²) >= 11 is 0. The minimum atomic E-state index is -0.378. The molecule has 2 unspecified atom stereocenters. The van der Waals surface area contributed by atoms with Crippen LogP contribution in [0, 0.1) is 17.6 Å². The topological polar surface area (TPSA) is 34.1 Å². The van der Waals surface area contributed by atoms with E-state index >= 15 is 0 Å². The molecule has 2 atom stereocenters. The average molecular weight is 318 g/mol. The van der Waals surface area contributed by atoms with E-state index < -0.39 is 0 Å². The highest BCUT2D eigenvalue weighted by Gasteiger charge is 2.29. The van der Waals surface area contributed by atoms with E-state index in [1.807, 2.05) is 6.92 Å². The van der Waals surface area contributed by atoms with Crippen molar-refractivity contribution < 1.29 is 13.5 Å². The second-order valence-electron chi connectivity index (χ2n) is 5.83. The number of rotatable bonds is 5. The zero-order valence-corrected chi connectivity index (χ0v) is 13.1. The van der Waals surface area contributed by atoms with Crippen LogP contribution in [0.4, 0.5) is 8.78 Å². The molecule has 1 fully saturated rings. The molecule has 0 radical (unpaired) electrons. The summed E-state index contributed by atoms with van der Waals surface area (Å²) in [6.07, 6.45) is 4.14. The Labute approximate surface area is 134 Å². The Hall–Kier alpha value is -2.01. The Bertz CT molecular complexity index is 672. The van der Waals surface area contributed by atoms with E-state index in [0.29, 0.717) is 17.7 Å². The molecule has 0 aliphatic carbocycles. The Morgan fingerprint density at radius 1 is 1.26 bits per heavy atom. The molecule has 1 aromatic heterocycles. The third-order valence-electron chi connectivity index (χ3n) is 4.24. The lowest BCUT2D eigenvalue weighted by molar-refractivity contribution is 0.142. The SMILES string of the molecule is CCc1cc(F)ccc1OC(c1cncc(F)c1)C1CCNC1. The second kappa shape index (κ2) is 7.04. The molecule has 1 saturated heterocycles. The van der Waals surface area contributed by atoms with Crippen molar-refractivity contribution in [2.75, 3.05) is 13.1 Å². The molecule has 23 heavy (non-hydrogen) atoms. The summed E-state index contributed by atoms with van der Waals surface area (Å²) in [5.74, 6) is 0.223. The number of ether oxygens (including phenoxy) is 1. The van der Waals surface area contributed by atoms with Crippen molar-refractivity contribution in [3.8, 4) is 5.75 Å². The maximum atomic E-state index is 13.6. The van der Waals surface area contributed by atoms with Crippen molar-refractivity contribution in [3.05, 3.63) is 59.4 Å². The van der Waals surface area contributed by atoms with Crippen LogP contribution in [0.5, 0.6) is 5.75 Å². The van der Waals surface area contributed by atoms with Crippen LogP contribution in [-0.2, 0) is 6.42 Å². The van der Waals surface area contributed by atoms with Crippen LogP contribution in [0.25, 0.3) is 0 Å². The molecule has 1 aliphatic rings. The zero-order chi connectivity index (χ0) is 16.2. The molecule has 2 aromatic rings. The maximum absolute atomic E-state index is 13.6.